The fraction of sp³-hybridized carbons (Fsp3) is 0.744. The summed E-state index contributed by atoms with van der Waals surface area (Å²) >= 11 is 0. The number of carbonyl (C=O) groups is 4. The first-order valence-electron chi connectivity index (χ1n) is 20.8. The summed E-state index contributed by atoms with van der Waals surface area (Å²) < 4.78 is 38.3. The van der Waals surface area contributed by atoms with Crippen LogP contribution in [0.1, 0.15) is 44.1 Å². The summed E-state index contributed by atoms with van der Waals surface area (Å²) in [4.78, 5) is 48.4. The van der Waals surface area contributed by atoms with Crippen LogP contribution in [0.3, 0.4) is 0 Å². The van der Waals surface area contributed by atoms with Crippen molar-refractivity contribution >= 4 is 23.9 Å². The second-order valence-corrected chi connectivity index (χ2v) is 15.4. The molecule has 0 saturated carbocycles. The molecule has 0 radical (unpaired) electrons. The highest BCUT2D eigenvalue weighted by molar-refractivity contribution is 5.81. The Morgan fingerprint density at radius 3 is 1.84 bits per heavy atom. The molecule has 0 spiro atoms. The number of nitrogens with one attached hydrogen (secondary N) is 3. The van der Waals surface area contributed by atoms with Crippen molar-refractivity contribution < 1.29 is 109 Å². The molecule has 0 bridgehead atoms. The van der Waals surface area contributed by atoms with Crippen LogP contribution in [0, 0.1) is 0 Å². The van der Waals surface area contributed by atoms with E-state index >= 15 is 0 Å². The summed E-state index contributed by atoms with van der Waals surface area (Å²) in [5.41, 5.74) is 0.715. The number of amides is 3. The fourth-order valence-electron chi connectivity index (χ4n) is 6.87. The Morgan fingerprint density at radius 1 is 0.625 bits per heavy atom. The van der Waals surface area contributed by atoms with Gasteiger partial charge in [0.05, 0.1) is 26.4 Å². The third-order valence-electron chi connectivity index (χ3n) is 10.6. The molecule has 64 heavy (non-hydrogen) atoms. The maximum atomic E-state index is 12.5. The summed E-state index contributed by atoms with van der Waals surface area (Å²) in [6.07, 6.45) is -25.2. The van der Waals surface area contributed by atoms with Crippen LogP contribution in [0.4, 0.5) is 4.79 Å². The van der Waals surface area contributed by atoms with E-state index in [9.17, 15) is 75.3 Å². The molecule has 0 aromatic heterocycles. The SMILES string of the molecule is O=C(CCCCCNC(=O)CC[C@H](NC(=O)OCc1ccccc1)C(=O)O)NCCO[C@H]1O[C@H](CO[C@H]2O[C@H](CO)[C@@H](O)[C@H](O)[C@@H]2O)[C@@H](O)[C@H](O[C@H]2O[C@H](CO)[C@@H](O)[C@H](O)[C@@H]2O)[C@@H]1O. The van der Waals surface area contributed by atoms with E-state index in [1.807, 2.05) is 0 Å². The molecule has 3 amide bonds. The molecular weight excluding hydrogens is 862 g/mol. The van der Waals surface area contributed by atoms with Gasteiger partial charge in [0.1, 0.15) is 85.9 Å². The van der Waals surface area contributed by atoms with Gasteiger partial charge in [0.2, 0.25) is 11.8 Å². The molecule has 4 rings (SSSR count). The van der Waals surface area contributed by atoms with Gasteiger partial charge in [0.15, 0.2) is 18.9 Å². The lowest BCUT2D eigenvalue weighted by Gasteiger charge is -2.46. The number of carbonyl (C=O) groups excluding carboxylic acids is 3. The Labute approximate surface area is 366 Å². The first kappa shape index (κ1) is 52.9. The second kappa shape index (κ2) is 26.4. The van der Waals surface area contributed by atoms with E-state index in [1.165, 1.54) is 0 Å². The Balaban J connectivity index is 1.18. The summed E-state index contributed by atoms with van der Waals surface area (Å²) in [6.45, 7) is -2.36. The van der Waals surface area contributed by atoms with E-state index < -0.39 is 136 Å². The van der Waals surface area contributed by atoms with Gasteiger partial charge in [-0.3, -0.25) is 9.59 Å². The molecule has 3 aliphatic heterocycles. The lowest BCUT2D eigenvalue weighted by Crippen LogP contribution is -2.65. The van der Waals surface area contributed by atoms with E-state index in [1.54, 1.807) is 30.3 Å². The third kappa shape index (κ3) is 15.4. The van der Waals surface area contributed by atoms with E-state index in [2.05, 4.69) is 16.0 Å². The van der Waals surface area contributed by atoms with E-state index in [0.29, 0.717) is 24.8 Å². The maximum Gasteiger partial charge on any atom is 0.408 e. The highest BCUT2D eigenvalue weighted by Crippen LogP contribution is 2.31. The number of benzene rings is 1. The summed E-state index contributed by atoms with van der Waals surface area (Å²) in [5.74, 6) is -2.11. The lowest BCUT2D eigenvalue weighted by atomic mass is 9.96. The van der Waals surface area contributed by atoms with Crippen molar-refractivity contribution in [1.29, 1.82) is 0 Å². The van der Waals surface area contributed by atoms with Crippen LogP contribution >= 0.6 is 0 Å². The van der Waals surface area contributed by atoms with Gasteiger partial charge < -0.3 is 105 Å². The van der Waals surface area contributed by atoms with Crippen molar-refractivity contribution in [1.82, 2.24) is 16.0 Å². The number of hydrogen-bond acceptors (Lipinski definition) is 21. The number of unbranched alkanes of at least 4 members (excludes halogenated alkanes) is 2. The van der Waals surface area contributed by atoms with Gasteiger partial charge in [-0.2, -0.15) is 0 Å². The molecular formula is C39H61N3O22. The standard InChI is InChI=1S/C39H61N3O22/c43-15-21-26(47)29(50)31(52)36(61-21)59-18-23-28(49)34(64-38-32(53)30(51)27(48)22(16-44)62-38)33(54)37(63-23)58-14-13-41-24(45)9-5-2-6-12-40-25(46)11-10-20(35(55)56)42-39(57)60-17-19-7-3-1-4-8-19/h1,3-4,7-8,20-23,26-34,36-38,43-44,47-54H,2,5-6,9-18H2,(H,40,46)(H,41,45)(H,42,57)(H,55,56)/t20-,21+,22+,23+,26+,27+,28+,29-,30-,31-,32-,33-,34-,36-,37-,38+/m0/s1. The van der Waals surface area contributed by atoms with Crippen molar-refractivity contribution in [2.24, 2.45) is 0 Å². The molecule has 14 N–H and O–H groups in total. The zero-order valence-electron chi connectivity index (χ0n) is 34.7. The zero-order chi connectivity index (χ0) is 46.9. The monoisotopic (exact) mass is 923 g/mol. The first-order chi connectivity index (χ1) is 30.6. The number of carboxylic acids is 1. The zero-order valence-corrected chi connectivity index (χ0v) is 34.7. The van der Waals surface area contributed by atoms with Crippen LogP contribution in [0.5, 0.6) is 0 Å². The van der Waals surface area contributed by atoms with Gasteiger partial charge in [0, 0.05) is 25.9 Å². The molecule has 1 aromatic carbocycles. The topological polar surface area (TPSA) is 392 Å². The van der Waals surface area contributed by atoms with Crippen molar-refractivity contribution in [2.45, 2.75) is 143 Å². The van der Waals surface area contributed by atoms with Gasteiger partial charge in [-0.25, -0.2) is 9.59 Å². The molecule has 3 heterocycles. The number of alkyl carbamates (subject to hydrolysis) is 1. The van der Waals surface area contributed by atoms with Gasteiger partial charge in [-0.15, -0.1) is 0 Å². The predicted molar refractivity (Wildman–Crippen MR) is 210 cm³/mol. The number of rotatable bonds is 24. The van der Waals surface area contributed by atoms with Gasteiger partial charge >= 0.3 is 12.1 Å². The van der Waals surface area contributed by atoms with Crippen LogP contribution in [-0.4, -0.2) is 218 Å². The van der Waals surface area contributed by atoms with E-state index in [-0.39, 0.29) is 51.5 Å². The molecule has 3 saturated heterocycles. The minimum atomic E-state index is -1.92. The fourth-order valence-corrected chi connectivity index (χ4v) is 6.87. The molecule has 0 aliphatic carbocycles. The van der Waals surface area contributed by atoms with Gasteiger partial charge in [0.25, 0.3) is 0 Å². The Hall–Kier alpha value is -3.74. The minimum absolute atomic E-state index is 0.0543. The van der Waals surface area contributed by atoms with Crippen molar-refractivity contribution in [3.8, 4) is 0 Å². The largest absolute Gasteiger partial charge is 0.480 e. The van der Waals surface area contributed by atoms with Crippen molar-refractivity contribution in [3.63, 3.8) is 0 Å². The molecule has 0 unspecified atom stereocenters. The lowest BCUT2D eigenvalue weighted by molar-refractivity contribution is -0.366. The number of carboxylic acid groups (broad SMARTS) is 1. The summed E-state index contributed by atoms with van der Waals surface area (Å²) in [5, 5.41) is 120. The Kier molecular flexibility index (Phi) is 21.8. The number of aliphatic carboxylic acids is 1. The normalized spacial score (nSPS) is 33.4. The maximum absolute atomic E-state index is 12.5. The Morgan fingerprint density at radius 2 is 1.20 bits per heavy atom. The first-order valence-corrected chi connectivity index (χ1v) is 20.8. The number of ether oxygens (including phenoxy) is 7. The van der Waals surface area contributed by atoms with E-state index in [4.69, 9.17) is 33.2 Å². The molecule has 25 heteroatoms. The molecule has 3 fully saturated rings. The molecule has 25 nitrogen and oxygen atoms in total. The molecule has 16 atom stereocenters. The minimum Gasteiger partial charge on any atom is -0.480 e. The average molecular weight is 924 g/mol. The summed E-state index contributed by atoms with van der Waals surface area (Å²) in [6, 6.07) is 7.45. The third-order valence-corrected chi connectivity index (χ3v) is 10.6. The highest BCUT2D eigenvalue weighted by atomic mass is 16.7. The van der Waals surface area contributed by atoms with Crippen LogP contribution in [-0.2, 0) is 54.1 Å². The van der Waals surface area contributed by atoms with Crippen LogP contribution in [0.15, 0.2) is 30.3 Å². The molecule has 3 aliphatic rings. The quantitative estimate of drug-likeness (QED) is 0.0430. The van der Waals surface area contributed by atoms with Crippen LogP contribution in [0.2, 0.25) is 0 Å². The second-order valence-electron chi connectivity index (χ2n) is 15.4. The average Bonchev–Trinajstić information content (AvgIpc) is 3.28. The van der Waals surface area contributed by atoms with Gasteiger partial charge in [-0.1, -0.05) is 36.8 Å². The van der Waals surface area contributed by atoms with Crippen molar-refractivity contribution in [2.75, 3.05) is 39.5 Å². The van der Waals surface area contributed by atoms with Crippen LogP contribution in [0.25, 0.3) is 0 Å². The summed E-state index contributed by atoms with van der Waals surface area (Å²) in [7, 11) is 0. The highest BCUT2D eigenvalue weighted by Gasteiger charge is 2.52. The van der Waals surface area contributed by atoms with Gasteiger partial charge in [-0.05, 0) is 24.8 Å². The molecule has 1 aromatic rings. The van der Waals surface area contributed by atoms with E-state index in [0.717, 1.165) is 0 Å². The number of aliphatic hydroxyl groups excluding tert-OH is 10. The van der Waals surface area contributed by atoms with Crippen molar-refractivity contribution in [3.05, 3.63) is 35.9 Å². The number of hydrogen-bond donors (Lipinski definition) is 14. The smallest absolute Gasteiger partial charge is 0.408 e. The number of aliphatic hydroxyl groups is 10. The van der Waals surface area contributed by atoms with Crippen LogP contribution < -0.4 is 16.0 Å². The molecule has 364 valence electrons. The predicted octanol–water partition coefficient (Wildman–Crippen LogP) is -5.60. The Bertz CT molecular complexity index is 1580.